The summed E-state index contributed by atoms with van der Waals surface area (Å²) in [6.07, 6.45) is 3.76. The summed E-state index contributed by atoms with van der Waals surface area (Å²) >= 11 is 12.2. The van der Waals surface area contributed by atoms with E-state index in [9.17, 15) is 14.0 Å². The molecule has 192 valence electrons. The maximum absolute atomic E-state index is 14.1. The quantitative estimate of drug-likeness (QED) is 0.315. The molecule has 3 N–H and O–H groups in total. The van der Waals surface area contributed by atoms with Crippen LogP contribution in [0.3, 0.4) is 0 Å². The van der Waals surface area contributed by atoms with E-state index in [1.807, 2.05) is 6.92 Å². The number of amides is 1. The van der Waals surface area contributed by atoms with Crippen LogP contribution in [0.15, 0.2) is 59.7 Å². The van der Waals surface area contributed by atoms with Gasteiger partial charge in [0.25, 0.3) is 11.5 Å². The van der Waals surface area contributed by atoms with E-state index in [0.29, 0.717) is 46.2 Å². The molecule has 0 aliphatic carbocycles. The van der Waals surface area contributed by atoms with E-state index in [1.54, 1.807) is 41.2 Å². The number of nitrogens with zero attached hydrogens (tertiary/aromatic N) is 4. The van der Waals surface area contributed by atoms with Gasteiger partial charge < -0.3 is 20.4 Å². The molecule has 0 spiro atoms. The molecule has 1 amide bonds. The van der Waals surface area contributed by atoms with Crippen LogP contribution < -0.4 is 21.3 Å². The number of ether oxygens (including phenoxy) is 1. The zero-order valence-electron chi connectivity index (χ0n) is 19.9. The van der Waals surface area contributed by atoms with Gasteiger partial charge in [0.2, 0.25) is 0 Å². The summed E-state index contributed by atoms with van der Waals surface area (Å²) in [7, 11) is 1.51. The number of aromatic nitrogens is 4. The summed E-state index contributed by atoms with van der Waals surface area (Å²) in [5, 5.41) is 11.6. The second-order valence-corrected chi connectivity index (χ2v) is 8.97. The number of nitrogens with two attached hydrogens (primary N) is 1. The van der Waals surface area contributed by atoms with Gasteiger partial charge in [-0.25, -0.2) is 9.07 Å². The maximum Gasteiger partial charge on any atom is 0.251 e. The second kappa shape index (κ2) is 11.0. The highest BCUT2D eigenvalue weighted by molar-refractivity contribution is 6.31. The minimum atomic E-state index is -0.844. The summed E-state index contributed by atoms with van der Waals surface area (Å²) in [5.41, 5.74) is 6.87. The minimum absolute atomic E-state index is 0.192. The van der Waals surface area contributed by atoms with Crippen LogP contribution in [0.4, 0.5) is 10.1 Å². The van der Waals surface area contributed by atoms with Gasteiger partial charge in [0.05, 0.1) is 36.8 Å². The zero-order chi connectivity index (χ0) is 26.7. The molecule has 0 saturated carbocycles. The summed E-state index contributed by atoms with van der Waals surface area (Å²) in [4.78, 5) is 24.6. The molecule has 1 unspecified atom stereocenters. The van der Waals surface area contributed by atoms with E-state index in [0.717, 1.165) is 0 Å². The molecule has 2 heterocycles. The van der Waals surface area contributed by atoms with Crippen LogP contribution in [0, 0.1) is 5.82 Å². The molecular weight excluding hydrogens is 522 g/mol. The number of carbonyl (C=O) groups excluding carboxylic acids is 1. The third kappa shape index (κ3) is 5.60. The Morgan fingerprint density at radius 2 is 1.95 bits per heavy atom. The predicted octanol–water partition coefficient (Wildman–Crippen LogP) is 4.71. The fourth-order valence-electron chi connectivity index (χ4n) is 3.97. The van der Waals surface area contributed by atoms with Crippen molar-refractivity contribution in [2.24, 2.45) is 5.73 Å². The Labute approximate surface area is 221 Å². The number of hydrogen-bond acceptors (Lipinski definition) is 6. The van der Waals surface area contributed by atoms with Gasteiger partial charge in [0, 0.05) is 34.4 Å². The molecule has 12 heteroatoms. The normalized spacial score (nSPS) is 11.8. The fourth-order valence-corrected chi connectivity index (χ4v) is 4.27. The molecule has 2 aromatic carbocycles. The summed E-state index contributed by atoms with van der Waals surface area (Å²) in [6, 6.07) is 10.4. The Morgan fingerprint density at radius 1 is 1.16 bits per heavy atom. The topological polar surface area (TPSA) is 117 Å². The van der Waals surface area contributed by atoms with Crippen LogP contribution in [0.5, 0.6) is 5.75 Å². The van der Waals surface area contributed by atoms with Crippen LogP contribution in [0.2, 0.25) is 10.2 Å². The summed E-state index contributed by atoms with van der Waals surface area (Å²) < 4.78 is 22.8. The van der Waals surface area contributed by atoms with Crippen molar-refractivity contribution in [3.05, 3.63) is 86.8 Å². The summed E-state index contributed by atoms with van der Waals surface area (Å²) in [6.45, 7) is 2.24. The minimum Gasteiger partial charge on any atom is -0.495 e. The van der Waals surface area contributed by atoms with Crippen LogP contribution in [0.1, 0.15) is 29.7 Å². The van der Waals surface area contributed by atoms with E-state index in [2.05, 4.69) is 15.6 Å². The highest BCUT2D eigenvalue weighted by Gasteiger charge is 2.19. The number of pyridine rings is 1. The molecule has 0 radical (unpaired) electrons. The van der Waals surface area contributed by atoms with E-state index < -0.39 is 11.7 Å². The van der Waals surface area contributed by atoms with Crippen molar-refractivity contribution in [2.75, 3.05) is 19.0 Å². The molecule has 0 aliphatic heterocycles. The van der Waals surface area contributed by atoms with Crippen molar-refractivity contribution >= 4 is 34.8 Å². The lowest BCUT2D eigenvalue weighted by atomic mass is 10.0. The van der Waals surface area contributed by atoms with Crippen molar-refractivity contribution in [3.63, 3.8) is 0 Å². The van der Waals surface area contributed by atoms with E-state index >= 15 is 0 Å². The Morgan fingerprint density at radius 3 is 2.57 bits per heavy atom. The van der Waals surface area contributed by atoms with Crippen LogP contribution in [0.25, 0.3) is 16.8 Å². The largest absolute Gasteiger partial charge is 0.495 e. The third-order valence-electron chi connectivity index (χ3n) is 5.87. The van der Waals surface area contributed by atoms with Gasteiger partial charge in [0.1, 0.15) is 11.6 Å². The number of primary amides is 1. The first-order valence-corrected chi connectivity index (χ1v) is 12.0. The number of hydrogen-bond donors (Lipinski definition) is 2. The smallest absolute Gasteiger partial charge is 0.251 e. The van der Waals surface area contributed by atoms with Crippen molar-refractivity contribution in [1.29, 1.82) is 0 Å². The van der Waals surface area contributed by atoms with Crippen LogP contribution in [-0.4, -0.2) is 39.1 Å². The van der Waals surface area contributed by atoms with Gasteiger partial charge in [-0.3, -0.25) is 9.59 Å². The Hall–Kier alpha value is -3.89. The molecular formula is C25H23Cl2FN6O3. The third-order valence-corrected chi connectivity index (χ3v) is 6.27. The molecule has 1 atom stereocenters. The molecule has 0 bridgehead atoms. The van der Waals surface area contributed by atoms with Crippen LogP contribution >= 0.6 is 23.2 Å². The molecule has 0 aliphatic rings. The molecule has 2 aromatic heterocycles. The fraction of sp³-hybridized carbons (Fsp3) is 0.200. The van der Waals surface area contributed by atoms with Crippen molar-refractivity contribution < 1.29 is 13.9 Å². The summed E-state index contributed by atoms with van der Waals surface area (Å²) in [5.74, 6) is -1.13. The Kier molecular flexibility index (Phi) is 7.80. The molecule has 9 nitrogen and oxygen atoms in total. The van der Waals surface area contributed by atoms with Gasteiger partial charge in [0.15, 0.2) is 5.15 Å². The SMILES string of the molecule is CCC(CNc1ccc(C(N)=O)c(F)c1)n1cc(OC)c(-c2cc(Cl)ccc2-n2cc(Cl)nn2)cc1=O. The predicted molar refractivity (Wildman–Crippen MR) is 140 cm³/mol. The lowest BCUT2D eigenvalue weighted by Crippen LogP contribution is -2.28. The number of carbonyl (C=O) groups is 1. The first-order valence-electron chi connectivity index (χ1n) is 11.2. The average molecular weight is 545 g/mol. The van der Waals surface area contributed by atoms with Crippen LogP contribution in [-0.2, 0) is 0 Å². The number of nitrogens with one attached hydrogen (secondary N) is 1. The second-order valence-electron chi connectivity index (χ2n) is 8.15. The van der Waals surface area contributed by atoms with Gasteiger partial charge in [-0.15, -0.1) is 5.10 Å². The van der Waals surface area contributed by atoms with E-state index in [4.69, 9.17) is 33.7 Å². The number of rotatable bonds is 9. The lowest BCUT2D eigenvalue weighted by molar-refractivity contribution is 0.0996. The lowest BCUT2D eigenvalue weighted by Gasteiger charge is -2.22. The molecule has 0 fully saturated rings. The Balaban J connectivity index is 1.68. The number of halogens is 3. The van der Waals surface area contributed by atoms with Gasteiger partial charge in [-0.2, -0.15) is 0 Å². The molecule has 4 rings (SSSR count). The zero-order valence-corrected chi connectivity index (χ0v) is 21.4. The molecule has 37 heavy (non-hydrogen) atoms. The first kappa shape index (κ1) is 26.2. The average Bonchev–Trinajstić information content (AvgIpc) is 3.30. The highest BCUT2D eigenvalue weighted by atomic mass is 35.5. The standard InChI is InChI=1S/C25H23Cl2FN6O3/c1-3-16(11-30-15-5-6-17(25(29)36)20(28)9-15)33-12-22(37-2)19(10-24(33)35)18-8-14(26)4-7-21(18)34-13-23(27)31-32-34/h4-10,12-13,16,30H,3,11H2,1-2H3,(H2,29,36). The number of methoxy groups -OCH3 is 1. The number of anilines is 1. The first-order chi connectivity index (χ1) is 17.7. The van der Waals surface area contributed by atoms with Crippen molar-refractivity contribution in [3.8, 4) is 22.6 Å². The van der Waals surface area contributed by atoms with Gasteiger partial charge in [-0.1, -0.05) is 35.3 Å². The monoisotopic (exact) mass is 544 g/mol. The van der Waals surface area contributed by atoms with Gasteiger partial charge >= 0.3 is 0 Å². The Bertz CT molecular complexity index is 1520. The molecule has 4 aromatic rings. The number of benzene rings is 2. The molecule has 0 saturated heterocycles. The van der Waals surface area contributed by atoms with Crippen molar-refractivity contribution in [1.82, 2.24) is 19.6 Å². The van der Waals surface area contributed by atoms with Gasteiger partial charge in [-0.05, 0) is 42.8 Å². The van der Waals surface area contributed by atoms with Crippen molar-refractivity contribution in [2.45, 2.75) is 19.4 Å². The van der Waals surface area contributed by atoms with E-state index in [1.165, 1.54) is 30.0 Å². The highest BCUT2D eigenvalue weighted by Crippen LogP contribution is 2.35. The maximum atomic E-state index is 14.1. The van der Waals surface area contributed by atoms with E-state index in [-0.39, 0.29) is 22.3 Å².